The van der Waals surface area contributed by atoms with E-state index >= 15 is 0 Å². The summed E-state index contributed by atoms with van der Waals surface area (Å²) in [7, 11) is 0. The summed E-state index contributed by atoms with van der Waals surface area (Å²) < 4.78 is 1.74. The number of nitrogens with one attached hydrogen (secondary N) is 1. The number of nitrogens with zero attached hydrogens (tertiary/aromatic N) is 2. The maximum Gasteiger partial charge on any atom is 0.251 e. The predicted octanol–water partition coefficient (Wildman–Crippen LogP) is 2.15. The zero-order valence-electron chi connectivity index (χ0n) is 12.5. The van der Waals surface area contributed by atoms with Crippen LogP contribution in [0.1, 0.15) is 36.0 Å². The fourth-order valence-electron chi connectivity index (χ4n) is 3.00. The van der Waals surface area contributed by atoms with E-state index in [1.165, 1.54) is 12.8 Å². The number of carbonyl (C=O) groups excluding carboxylic acids is 1. The molecule has 1 saturated carbocycles. The molecule has 0 aliphatic heterocycles. The monoisotopic (exact) mass is 299 g/mol. The number of amides is 1. The van der Waals surface area contributed by atoms with Crippen LogP contribution in [0.2, 0.25) is 0 Å². The maximum atomic E-state index is 12.1. The fraction of sp³-hybridized carbons (Fsp3) is 0.412. The van der Waals surface area contributed by atoms with Gasteiger partial charge in [0.2, 0.25) is 0 Å². The molecule has 5 heteroatoms. The van der Waals surface area contributed by atoms with E-state index in [1.54, 1.807) is 23.0 Å². The molecule has 0 bridgehead atoms. The summed E-state index contributed by atoms with van der Waals surface area (Å²) in [5.74, 6) is 0.187. The van der Waals surface area contributed by atoms with E-state index in [0.717, 1.165) is 18.5 Å². The lowest BCUT2D eigenvalue weighted by atomic mass is 10.0. The van der Waals surface area contributed by atoms with Crippen molar-refractivity contribution in [2.45, 2.75) is 31.8 Å². The van der Waals surface area contributed by atoms with Gasteiger partial charge in [0.25, 0.3) is 5.91 Å². The molecule has 1 aliphatic rings. The topological polar surface area (TPSA) is 67.2 Å². The number of aromatic nitrogens is 2. The van der Waals surface area contributed by atoms with Gasteiger partial charge in [0.05, 0.1) is 11.8 Å². The van der Waals surface area contributed by atoms with Crippen LogP contribution in [0.15, 0.2) is 42.7 Å². The number of benzene rings is 1. The maximum absolute atomic E-state index is 12.1. The van der Waals surface area contributed by atoms with E-state index < -0.39 is 6.10 Å². The lowest BCUT2D eigenvalue weighted by Crippen LogP contribution is -2.35. The molecule has 2 aromatic rings. The molecule has 1 atom stereocenters. The van der Waals surface area contributed by atoms with Crippen molar-refractivity contribution in [1.82, 2.24) is 15.1 Å². The van der Waals surface area contributed by atoms with Gasteiger partial charge in [0.15, 0.2) is 0 Å². The van der Waals surface area contributed by atoms with Gasteiger partial charge in [0.1, 0.15) is 0 Å². The second-order valence-electron chi connectivity index (χ2n) is 5.82. The number of aliphatic hydroxyl groups is 1. The molecular weight excluding hydrogens is 278 g/mol. The number of carbonyl (C=O) groups is 1. The summed E-state index contributed by atoms with van der Waals surface area (Å²) >= 11 is 0. The summed E-state index contributed by atoms with van der Waals surface area (Å²) in [5, 5.41) is 17.1. The van der Waals surface area contributed by atoms with Crippen LogP contribution < -0.4 is 5.32 Å². The van der Waals surface area contributed by atoms with Crippen molar-refractivity contribution in [3.8, 4) is 5.69 Å². The number of hydrogen-bond acceptors (Lipinski definition) is 3. The normalized spacial score (nSPS) is 16.6. The standard InChI is InChI=1S/C17H21N3O2/c21-16(13-4-1-2-5-13)12-18-17(22)14-6-8-15(9-7-14)20-11-3-10-19-20/h3,6-11,13,16,21H,1-2,4-5,12H2,(H,18,22). The minimum atomic E-state index is -0.435. The van der Waals surface area contributed by atoms with Crippen LogP contribution in [-0.2, 0) is 0 Å². The van der Waals surface area contributed by atoms with Crippen molar-refractivity contribution in [2.75, 3.05) is 6.54 Å². The smallest absolute Gasteiger partial charge is 0.251 e. The van der Waals surface area contributed by atoms with Crippen molar-refractivity contribution < 1.29 is 9.90 Å². The Morgan fingerprint density at radius 1 is 1.32 bits per heavy atom. The Morgan fingerprint density at radius 3 is 2.68 bits per heavy atom. The van der Waals surface area contributed by atoms with Crippen molar-refractivity contribution in [3.05, 3.63) is 48.3 Å². The Morgan fingerprint density at radius 2 is 2.05 bits per heavy atom. The molecular formula is C17H21N3O2. The van der Waals surface area contributed by atoms with Gasteiger partial charge in [0, 0.05) is 24.5 Å². The van der Waals surface area contributed by atoms with Gasteiger partial charge in [-0.05, 0) is 49.1 Å². The van der Waals surface area contributed by atoms with Gasteiger partial charge in [-0.2, -0.15) is 5.10 Å². The zero-order chi connectivity index (χ0) is 15.4. The Bertz CT molecular complexity index is 601. The summed E-state index contributed by atoms with van der Waals surface area (Å²) in [5.41, 5.74) is 1.50. The highest BCUT2D eigenvalue weighted by atomic mass is 16.3. The van der Waals surface area contributed by atoms with Crippen LogP contribution >= 0.6 is 0 Å². The van der Waals surface area contributed by atoms with Gasteiger partial charge in [-0.25, -0.2) is 4.68 Å². The third kappa shape index (κ3) is 3.36. The van der Waals surface area contributed by atoms with E-state index in [9.17, 15) is 9.90 Å². The van der Waals surface area contributed by atoms with E-state index in [1.807, 2.05) is 24.4 Å². The van der Waals surface area contributed by atoms with Crippen molar-refractivity contribution in [1.29, 1.82) is 0 Å². The Labute approximate surface area is 130 Å². The van der Waals surface area contributed by atoms with Gasteiger partial charge in [-0.3, -0.25) is 4.79 Å². The quantitative estimate of drug-likeness (QED) is 0.889. The molecule has 3 rings (SSSR count). The lowest BCUT2D eigenvalue weighted by molar-refractivity contribution is 0.0840. The van der Waals surface area contributed by atoms with Crippen molar-refractivity contribution in [2.24, 2.45) is 5.92 Å². The molecule has 116 valence electrons. The molecule has 1 aliphatic carbocycles. The first-order chi connectivity index (χ1) is 10.7. The highest BCUT2D eigenvalue weighted by Crippen LogP contribution is 2.27. The second kappa shape index (κ2) is 6.75. The van der Waals surface area contributed by atoms with Crippen LogP contribution in [0, 0.1) is 5.92 Å². The van der Waals surface area contributed by atoms with Crippen LogP contribution in [0.5, 0.6) is 0 Å². The Kier molecular flexibility index (Phi) is 4.53. The molecule has 22 heavy (non-hydrogen) atoms. The first kappa shape index (κ1) is 14.8. The first-order valence-corrected chi connectivity index (χ1v) is 7.80. The average molecular weight is 299 g/mol. The molecule has 1 fully saturated rings. The van der Waals surface area contributed by atoms with Gasteiger partial charge < -0.3 is 10.4 Å². The SMILES string of the molecule is O=C(NCC(O)C1CCCC1)c1ccc(-n2cccn2)cc1. The van der Waals surface area contributed by atoms with Crippen LogP contribution in [0.3, 0.4) is 0 Å². The van der Waals surface area contributed by atoms with Crippen LogP contribution in [-0.4, -0.2) is 33.4 Å². The molecule has 0 radical (unpaired) electrons. The molecule has 1 aromatic carbocycles. The average Bonchev–Trinajstić information content (AvgIpc) is 3.25. The third-order valence-corrected chi connectivity index (χ3v) is 4.31. The second-order valence-corrected chi connectivity index (χ2v) is 5.82. The Hall–Kier alpha value is -2.14. The largest absolute Gasteiger partial charge is 0.391 e. The van der Waals surface area contributed by atoms with Gasteiger partial charge in [-0.15, -0.1) is 0 Å². The molecule has 5 nitrogen and oxygen atoms in total. The van der Waals surface area contributed by atoms with Gasteiger partial charge in [-0.1, -0.05) is 12.8 Å². The van der Waals surface area contributed by atoms with E-state index in [-0.39, 0.29) is 5.91 Å². The van der Waals surface area contributed by atoms with Crippen molar-refractivity contribution in [3.63, 3.8) is 0 Å². The van der Waals surface area contributed by atoms with E-state index in [0.29, 0.717) is 18.0 Å². The number of hydrogen-bond donors (Lipinski definition) is 2. The number of rotatable bonds is 5. The van der Waals surface area contributed by atoms with E-state index in [2.05, 4.69) is 10.4 Å². The summed E-state index contributed by atoms with van der Waals surface area (Å²) in [6.45, 7) is 0.324. The van der Waals surface area contributed by atoms with Crippen molar-refractivity contribution >= 4 is 5.91 Å². The summed E-state index contributed by atoms with van der Waals surface area (Å²) in [6, 6.07) is 9.11. The Balaban J connectivity index is 1.55. The third-order valence-electron chi connectivity index (χ3n) is 4.31. The molecule has 1 unspecified atom stereocenters. The predicted molar refractivity (Wildman–Crippen MR) is 83.9 cm³/mol. The number of aliphatic hydroxyl groups excluding tert-OH is 1. The molecule has 0 saturated heterocycles. The van der Waals surface area contributed by atoms with Gasteiger partial charge >= 0.3 is 0 Å². The van der Waals surface area contributed by atoms with E-state index in [4.69, 9.17) is 0 Å². The molecule has 1 aromatic heterocycles. The minimum Gasteiger partial charge on any atom is -0.391 e. The highest BCUT2D eigenvalue weighted by Gasteiger charge is 2.23. The zero-order valence-corrected chi connectivity index (χ0v) is 12.5. The first-order valence-electron chi connectivity index (χ1n) is 7.80. The summed E-state index contributed by atoms with van der Waals surface area (Å²) in [4.78, 5) is 12.1. The molecule has 0 spiro atoms. The summed E-state index contributed by atoms with van der Waals surface area (Å²) in [6.07, 6.45) is 7.63. The highest BCUT2D eigenvalue weighted by molar-refractivity contribution is 5.94. The molecule has 1 amide bonds. The fourth-order valence-corrected chi connectivity index (χ4v) is 3.00. The minimum absolute atomic E-state index is 0.149. The lowest BCUT2D eigenvalue weighted by Gasteiger charge is -2.18. The molecule has 2 N–H and O–H groups in total. The van der Waals surface area contributed by atoms with Crippen LogP contribution in [0.25, 0.3) is 5.69 Å². The molecule has 1 heterocycles. The van der Waals surface area contributed by atoms with Crippen LogP contribution in [0.4, 0.5) is 0 Å².